The Hall–Kier alpha value is -2.04. The Labute approximate surface area is 131 Å². The van der Waals surface area contributed by atoms with Gasteiger partial charge in [0.05, 0.1) is 6.04 Å². The van der Waals surface area contributed by atoms with Crippen molar-refractivity contribution in [1.29, 1.82) is 0 Å². The summed E-state index contributed by atoms with van der Waals surface area (Å²) in [4.78, 5) is 22.4. The molecule has 120 valence electrons. The summed E-state index contributed by atoms with van der Waals surface area (Å²) in [5.41, 5.74) is 1.12. The van der Waals surface area contributed by atoms with E-state index in [0.717, 1.165) is 12.0 Å². The van der Waals surface area contributed by atoms with Crippen molar-refractivity contribution in [3.05, 3.63) is 35.9 Å². The highest BCUT2D eigenvalue weighted by Crippen LogP contribution is 2.34. The third-order valence-corrected chi connectivity index (χ3v) is 4.15. The molecule has 1 aliphatic rings. The van der Waals surface area contributed by atoms with Gasteiger partial charge in [-0.1, -0.05) is 49.6 Å². The smallest absolute Gasteiger partial charge is 0.315 e. The van der Waals surface area contributed by atoms with Crippen molar-refractivity contribution in [3.8, 4) is 0 Å². The minimum Gasteiger partial charge on any atom is -0.481 e. The minimum absolute atomic E-state index is 0.0194. The van der Waals surface area contributed by atoms with E-state index in [4.69, 9.17) is 5.11 Å². The maximum Gasteiger partial charge on any atom is 0.315 e. The lowest BCUT2D eigenvalue weighted by Gasteiger charge is -2.30. The van der Waals surface area contributed by atoms with Gasteiger partial charge in [-0.05, 0) is 24.3 Å². The van der Waals surface area contributed by atoms with Gasteiger partial charge in [-0.3, -0.25) is 4.79 Å². The van der Waals surface area contributed by atoms with Crippen LogP contribution in [0.3, 0.4) is 0 Å². The van der Waals surface area contributed by atoms with Gasteiger partial charge in [0.25, 0.3) is 0 Å². The zero-order chi connectivity index (χ0) is 15.8. The molecule has 0 aliphatic heterocycles. The number of carbonyl (C=O) groups excluding carboxylic acids is 1. The lowest BCUT2D eigenvalue weighted by atomic mass is 9.79. The first-order valence-corrected chi connectivity index (χ1v) is 7.96. The molecule has 0 heterocycles. The number of amides is 2. The molecule has 0 radical (unpaired) electrons. The fourth-order valence-corrected chi connectivity index (χ4v) is 2.68. The molecule has 0 saturated heterocycles. The molecule has 1 saturated carbocycles. The monoisotopic (exact) mass is 304 g/mol. The van der Waals surface area contributed by atoms with Crippen LogP contribution in [0.2, 0.25) is 0 Å². The quantitative estimate of drug-likeness (QED) is 0.646. The van der Waals surface area contributed by atoms with E-state index in [2.05, 4.69) is 10.6 Å². The Morgan fingerprint density at radius 3 is 2.55 bits per heavy atom. The van der Waals surface area contributed by atoms with Crippen LogP contribution in [-0.4, -0.2) is 23.7 Å². The summed E-state index contributed by atoms with van der Waals surface area (Å²) in [6.45, 7) is 0.378. The van der Waals surface area contributed by atoms with Gasteiger partial charge in [0.1, 0.15) is 0 Å². The van der Waals surface area contributed by atoms with Crippen molar-refractivity contribution in [3.63, 3.8) is 0 Å². The van der Waals surface area contributed by atoms with Crippen LogP contribution in [0.4, 0.5) is 4.79 Å². The Bertz CT molecular complexity index is 486. The molecule has 1 aromatic carbocycles. The van der Waals surface area contributed by atoms with Crippen molar-refractivity contribution in [1.82, 2.24) is 10.6 Å². The first-order chi connectivity index (χ1) is 10.6. The van der Waals surface area contributed by atoms with Gasteiger partial charge in [-0.15, -0.1) is 0 Å². The van der Waals surface area contributed by atoms with Gasteiger partial charge < -0.3 is 15.7 Å². The Morgan fingerprint density at radius 2 is 1.95 bits per heavy atom. The summed E-state index contributed by atoms with van der Waals surface area (Å²) in [6, 6.07) is 9.80. The predicted octanol–water partition coefficient (Wildman–Crippen LogP) is 3.08. The molecule has 1 aliphatic carbocycles. The first-order valence-electron chi connectivity index (χ1n) is 7.96. The molecule has 1 unspecified atom stereocenters. The van der Waals surface area contributed by atoms with Crippen LogP contribution in [0, 0.1) is 5.92 Å². The second-order valence-corrected chi connectivity index (χ2v) is 5.89. The molecular formula is C17H24N2O3. The number of rotatable bonds is 8. The summed E-state index contributed by atoms with van der Waals surface area (Å²) in [7, 11) is 0. The Morgan fingerprint density at radius 1 is 1.23 bits per heavy atom. The third-order valence-electron chi connectivity index (χ3n) is 4.15. The van der Waals surface area contributed by atoms with Gasteiger partial charge >= 0.3 is 12.0 Å². The number of nitrogens with one attached hydrogen (secondary N) is 2. The summed E-state index contributed by atoms with van der Waals surface area (Å²) in [5.74, 6) is -0.146. The van der Waals surface area contributed by atoms with Crippen molar-refractivity contribution in [2.75, 3.05) is 6.54 Å². The zero-order valence-corrected chi connectivity index (χ0v) is 12.8. The average molecular weight is 304 g/mol. The molecule has 1 atom stereocenters. The summed E-state index contributed by atoms with van der Waals surface area (Å²) in [6.07, 6.45) is 5.25. The van der Waals surface area contributed by atoms with E-state index < -0.39 is 5.97 Å². The first kappa shape index (κ1) is 16.3. The number of aliphatic carboxylic acids is 1. The molecule has 3 N–H and O–H groups in total. The number of hydrogen-bond donors (Lipinski definition) is 3. The third kappa shape index (κ3) is 5.39. The molecule has 0 spiro atoms. The summed E-state index contributed by atoms with van der Waals surface area (Å²) >= 11 is 0. The van der Waals surface area contributed by atoms with E-state index in [9.17, 15) is 9.59 Å². The van der Waals surface area contributed by atoms with Gasteiger partial charge in [-0.25, -0.2) is 4.79 Å². The number of carboxylic acid groups (broad SMARTS) is 1. The molecule has 2 amide bonds. The summed E-state index contributed by atoms with van der Waals surface area (Å²) in [5, 5.41) is 14.3. The molecule has 1 aromatic rings. The van der Waals surface area contributed by atoms with Crippen LogP contribution in [0.1, 0.15) is 50.1 Å². The number of carbonyl (C=O) groups is 2. The minimum atomic E-state index is -0.839. The van der Waals surface area contributed by atoms with Gasteiger partial charge in [-0.2, -0.15) is 0 Å². The van der Waals surface area contributed by atoms with Crippen molar-refractivity contribution >= 4 is 12.0 Å². The molecule has 0 bridgehead atoms. The fraction of sp³-hybridized carbons (Fsp3) is 0.529. The van der Waals surface area contributed by atoms with Crippen molar-refractivity contribution < 1.29 is 14.7 Å². The SMILES string of the molecule is O=C(O)CCCNC(=O)NC(CC1CCC1)c1ccccc1. The van der Waals surface area contributed by atoms with Crippen LogP contribution in [0.25, 0.3) is 0 Å². The molecule has 5 heteroatoms. The van der Waals surface area contributed by atoms with Crippen LogP contribution in [-0.2, 0) is 4.79 Å². The van der Waals surface area contributed by atoms with Crippen LogP contribution >= 0.6 is 0 Å². The van der Waals surface area contributed by atoms with Gasteiger partial charge in [0.2, 0.25) is 0 Å². The normalized spacial score (nSPS) is 15.6. The van der Waals surface area contributed by atoms with E-state index in [1.807, 2.05) is 30.3 Å². The van der Waals surface area contributed by atoms with E-state index >= 15 is 0 Å². The predicted molar refractivity (Wildman–Crippen MR) is 84.5 cm³/mol. The largest absolute Gasteiger partial charge is 0.481 e. The Balaban J connectivity index is 1.83. The molecule has 5 nitrogen and oxygen atoms in total. The number of benzene rings is 1. The lowest BCUT2D eigenvalue weighted by molar-refractivity contribution is -0.137. The van der Waals surface area contributed by atoms with E-state index in [0.29, 0.717) is 18.9 Å². The van der Waals surface area contributed by atoms with Crippen molar-refractivity contribution in [2.45, 2.75) is 44.6 Å². The second-order valence-electron chi connectivity index (χ2n) is 5.89. The molecular weight excluding hydrogens is 280 g/mol. The van der Waals surface area contributed by atoms with Crippen LogP contribution in [0.15, 0.2) is 30.3 Å². The fourth-order valence-electron chi connectivity index (χ4n) is 2.68. The van der Waals surface area contributed by atoms with Crippen LogP contribution < -0.4 is 10.6 Å². The maximum absolute atomic E-state index is 12.0. The topological polar surface area (TPSA) is 78.4 Å². The van der Waals surface area contributed by atoms with E-state index in [1.165, 1.54) is 19.3 Å². The zero-order valence-electron chi connectivity index (χ0n) is 12.8. The number of urea groups is 1. The second kappa shape index (κ2) is 8.41. The molecule has 2 rings (SSSR count). The lowest BCUT2D eigenvalue weighted by Crippen LogP contribution is -2.39. The highest BCUT2D eigenvalue weighted by atomic mass is 16.4. The van der Waals surface area contributed by atoms with E-state index in [-0.39, 0.29) is 18.5 Å². The highest BCUT2D eigenvalue weighted by Gasteiger charge is 2.24. The molecule has 22 heavy (non-hydrogen) atoms. The standard InChI is InChI=1S/C17H24N2O3/c20-16(21)10-5-11-18-17(22)19-15(12-13-6-4-7-13)14-8-2-1-3-9-14/h1-3,8-9,13,15H,4-7,10-12H2,(H,20,21)(H2,18,19,22). The van der Waals surface area contributed by atoms with Gasteiger partial charge in [0.15, 0.2) is 0 Å². The van der Waals surface area contributed by atoms with Gasteiger partial charge in [0, 0.05) is 13.0 Å². The van der Waals surface area contributed by atoms with Crippen LogP contribution in [0.5, 0.6) is 0 Å². The highest BCUT2D eigenvalue weighted by molar-refractivity contribution is 5.74. The average Bonchev–Trinajstić information content (AvgIpc) is 2.46. The Kier molecular flexibility index (Phi) is 6.25. The number of carboxylic acids is 1. The maximum atomic E-state index is 12.0. The summed E-state index contributed by atoms with van der Waals surface area (Å²) < 4.78 is 0. The molecule has 0 aromatic heterocycles. The number of hydrogen-bond acceptors (Lipinski definition) is 2. The molecule has 1 fully saturated rings. The van der Waals surface area contributed by atoms with E-state index in [1.54, 1.807) is 0 Å². The van der Waals surface area contributed by atoms with Crippen molar-refractivity contribution in [2.24, 2.45) is 5.92 Å².